The minimum atomic E-state index is 0.758. The highest BCUT2D eigenvalue weighted by Crippen LogP contribution is 2.25. The predicted octanol–water partition coefficient (Wildman–Crippen LogP) is 3.95. The fourth-order valence-corrected chi connectivity index (χ4v) is 2.74. The van der Waals surface area contributed by atoms with Gasteiger partial charge in [0.15, 0.2) is 5.82 Å². The molecule has 0 amide bonds. The van der Waals surface area contributed by atoms with E-state index in [9.17, 15) is 0 Å². The van der Waals surface area contributed by atoms with E-state index in [1.807, 2.05) is 49.5 Å². The van der Waals surface area contributed by atoms with Crippen LogP contribution >= 0.6 is 0 Å². The second-order valence-electron chi connectivity index (χ2n) is 5.58. The Kier molecular flexibility index (Phi) is 3.08. The number of nitrogens with zero attached hydrogens (tertiary/aromatic N) is 3. The second kappa shape index (κ2) is 5.25. The fourth-order valence-electron chi connectivity index (χ4n) is 2.74. The Bertz CT molecular complexity index is 1000. The SMILES string of the molecule is Cc1cccc(-c2ncc3ccc(-c4cccc(N)c4)cn23)n1. The summed E-state index contributed by atoms with van der Waals surface area (Å²) in [6.07, 6.45) is 3.94. The van der Waals surface area contributed by atoms with Crippen LogP contribution in [0.2, 0.25) is 0 Å². The Balaban J connectivity index is 1.90. The number of anilines is 1. The number of hydrogen-bond acceptors (Lipinski definition) is 3. The first-order valence-corrected chi connectivity index (χ1v) is 7.48. The van der Waals surface area contributed by atoms with Crippen LogP contribution in [-0.4, -0.2) is 14.4 Å². The molecule has 2 N–H and O–H groups in total. The summed E-state index contributed by atoms with van der Waals surface area (Å²) >= 11 is 0. The van der Waals surface area contributed by atoms with Crippen molar-refractivity contribution in [2.75, 3.05) is 5.73 Å². The fraction of sp³-hybridized carbons (Fsp3) is 0.0526. The van der Waals surface area contributed by atoms with Gasteiger partial charge < -0.3 is 5.73 Å². The van der Waals surface area contributed by atoms with Gasteiger partial charge in [-0.3, -0.25) is 4.40 Å². The number of nitrogen functional groups attached to an aromatic ring is 1. The van der Waals surface area contributed by atoms with Gasteiger partial charge in [-0.15, -0.1) is 0 Å². The van der Waals surface area contributed by atoms with Crippen molar-refractivity contribution in [2.24, 2.45) is 0 Å². The number of fused-ring (bicyclic) bond motifs is 1. The summed E-state index contributed by atoms with van der Waals surface area (Å²) in [5, 5.41) is 0. The van der Waals surface area contributed by atoms with E-state index in [-0.39, 0.29) is 0 Å². The highest BCUT2D eigenvalue weighted by atomic mass is 15.0. The minimum Gasteiger partial charge on any atom is -0.399 e. The quantitative estimate of drug-likeness (QED) is 0.570. The Morgan fingerprint density at radius 3 is 2.65 bits per heavy atom. The van der Waals surface area contributed by atoms with E-state index >= 15 is 0 Å². The summed E-state index contributed by atoms with van der Waals surface area (Å²) in [5.74, 6) is 0.842. The molecule has 3 heterocycles. The van der Waals surface area contributed by atoms with Crippen molar-refractivity contribution in [1.29, 1.82) is 0 Å². The van der Waals surface area contributed by atoms with Gasteiger partial charge >= 0.3 is 0 Å². The van der Waals surface area contributed by atoms with Crippen molar-refractivity contribution in [1.82, 2.24) is 14.4 Å². The monoisotopic (exact) mass is 300 g/mol. The van der Waals surface area contributed by atoms with Gasteiger partial charge in [0.1, 0.15) is 5.69 Å². The Labute approximate surface area is 134 Å². The van der Waals surface area contributed by atoms with Gasteiger partial charge in [0.2, 0.25) is 0 Å². The van der Waals surface area contributed by atoms with Gasteiger partial charge in [0.05, 0.1) is 11.7 Å². The van der Waals surface area contributed by atoms with Crippen LogP contribution in [0.1, 0.15) is 5.69 Å². The predicted molar refractivity (Wildman–Crippen MR) is 93.0 cm³/mol. The minimum absolute atomic E-state index is 0.758. The molecule has 4 nitrogen and oxygen atoms in total. The van der Waals surface area contributed by atoms with Crippen molar-refractivity contribution in [3.8, 4) is 22.6 Å². The average Bonchev–Trinajstić information content (AvgIpc) is 2.98. The zero-order valence-electron chi connectivity index (χ0n) is 12.8. The molecule has 0 aliphatic rings. The van der Waals surface area contributed by atoms with Crippen LogP contribution in [0, 0.1) is 6.92 Å². The molecule has 0 saturated heterocycles. The van der Waals surface area contributed by atoms with Gasteiger partial charge in [-0.1, -0.05) is 24.3 Å². The zero-order valence-corrected chi connectivity index (χ0v) is 12.8. The largest absolute Gasteiger partial charge is 0.399 e. The van der Waals surface area contributed by atoms with E-state index in [1.165, 1.54) is 0 Å². The molecule has 0 atom stereocenters. The number of imidazole rings is 1. The molecule has 3 aromatic heterocycles. The number of rotatable bonds is 2. The zero-order chi connectivity index (χ0) is 15.8. The highest BCUT2D eigenvalue weighted by Gasteiger charge is 2.09. The number of nitrogens with two attached hydrogens (primary N) is 1. The molecule has 0 unspecified atom stereocenters. The van der Waals surface area contributed by atoms with Crippen molar-refractivity contribution in [3.63, 3.8) is 0 Å². The lowest BCUT2D eigenvalue weighted by Gasteiger charge is -2.06. The lowest BCUT2D eigenvalue weighted by molar-refractivity contribution is 1.11. The summed E-state index contributed by atoms with van der Waals surface area (Å²) in [6.45, 7) is 1.98. The molecule has 0 spiro atoms. The third kappa shape index (κ3) is 2.44. The van der Waals surface area contributed by atoms with E-state index < -0.39 is 0 Å². The topological polar surface area (TPSA) is 56.2 Å². The van der Waals surface area contributed by atoms with Gasteiger partial charge in [-0.25, -0.2) is 9.97 Å². The molecule has 4 aromatic rings. The van der Waals surface area contributed by atoms with Crippen LogP contribution in [0.5, 0.6) is 0 Å². The van der Waals surface area contributed by atoms with Crippen molar-refractivity contribution >= 4 is 11.2 Å². The summed E-state index contributed by atoms with van der Waals surface area (Å²) < 4.78 is 2.07. The maximum absolute atomic E-state index is 5.90. The van der Waals surface area contributed by atoms with Gasteiger partial charge in [0.25, 0.3) is 0 Å². The van der Waals surface area contributed by atoms with Crippen LogP contribution < -0.4 is 5.73 Å². The molecule has 23 heavy (non-hydrogen) atoms. The van der Waals surface area contributed by atoms with Crippen molar-refractivity contribution < 1.29 is 0 Å². The lowest BCUT2D eigenvalue weighted by atomic mass is 10.1. The Hall–Kier alpha value is -3.14. The summed E-state index contributed by atoms with van der Waals surface area (Å²) in [6, 6.07) is 18.0. The van der Waals surface area contributed by atoms with Crippen LogP contribution in [0.4, 0.5) is 5.69 Å². The van der Waals surface area contributed by atoms with Crippen molar-refractivity contribution in [3.05, 3.63) is 72.7 Å². The van der Waals surface area contributed by atoms with E-state index in [4.69, 9.17) is 5.73 Å². The van der Waals surface area contributed by atoms with Crippen LogP contribution in [0.15, 0.2) is 67.0 Å². The normalized spacial score (nSPS) is 11.0. The van der Waals surface area contributed by atoms with E-state index in [0.29, 0.717) is 0 Å². The van der Waals surface area contributed by atoms with Crippen molar-refractivity contribution in [2.45, 2.75) is 6.92 Å². The third-order valence-corrected chi connectivity index (χ3v) is 3.86. The molecule has 0 aliphatic heterocycles. The average molecular weight is 300 g/mol. The maximum atomic E-state index is 5.90. The molecular weight excluding hydrogens is 284 g/mol. The standard InChI is InChI=1S/C19H16N4/c1-13-4-2-7-18(22-13)19-21-11-17-9-8-15(12-23(17)19)14-5-3-6-16(20)10-14/h2-12H,20H2,1H3. The van der Waals surface area contributed by atoms with E-state index in [2.05, 4.69) is 38.8 Å². The molecule has 1 aromatic carbocycles. The molecule has 0 radical (unpaired) electrons. The summed E-state index contributed by atoms with van der Waals surface area (Å²) in [4.78, 5) is 9.11. The van der Waals surface area contributed by atoms with Crippen LogP contribution in [0.25, 0.3) is 28.2 Å². The molecule has 112 valence electrons. The molecule has 0 aliphatic carbocycles. The maximum Gasteiger partial charge on any atom is 0.163 e. The first-order chi connectivity index (χ1) is 11.2. The van der Waals surface area contributed by atoms with Gasteiger partial charge in [-0.05, 0) is 48.4 Å². The second-order valence-corrected chi connectivity index (χ2v) is 5.58. The summed E-state index contributed by atoms with van der Waals surface area (Å²) in [7, 11) is 0. The molecule has 4 heteroatoms. The lowest BCUT2D eigenvalue weighted by Crippen LogP contribution is -1.94. The van der Waals surface area contributed by atoms with Gasteiger partial charge in [0, 0.05) is 17.6 Å². The van der Waals surface area contributed by atoms with E-state index in [1.54, 1.807) is 0 Å². The Morgan fingerprint density at radius 2 is 1.83 bits per heavy atom. The smallest absolute Gasteiger partial charge is 0.163 e. The van der Waals surface area contributed by atoms with Crippen LogP contribution in [0.3, 0.4) is 0 Å². The highest BCUT2D eigenvalue weighted by molar-refractivity contribution is 5.70. The number of aromatic nitrogens is 3. The molecule has 0 saturated carbocycles. The molecular formula is C19H16N4. The number of pyridine rings is 2. The number of benzene rings is 1. The molecule has 0 bridgehead atoms. The number of aryl methyl sites for hydroxylation is 1. The molecule has 0 fully saturated rings. The number of hydrogen-bond donors (Lipinski definition) is 1. The summed E-state index contributed by atoms with van der Waals surface area (Å²) in [5.41, 5.74) is 11.7. The van der Waals surface area contributed by atoms with Gasteiger partial charge in [-0.2, -0.15) is 0 Å². The first kappa shape index (κ1) is 13.5. The third-order valence-electron chi connectivity index (χ3n) is 3.86. The Morgan fingerprint density at radius 1 is 0.957 bits per heavy atom. The molecule has 4 rings (SSSR count). The van der Waals surface area contributed by atoms with Crippen LogP contribution in [-0.2, 0) is 0 Å². The van der Waals surface area contributed by atoms with E-state index in [0.717, 1.165) is 39.5 Å². The first-order valence-electron chi connectivity index (χ1n) is 7.48.